The fourth-order valence-electron chi connectivity index (χ4n) is 2.03. The number of aromatic nitrogens is 1. The smallest absolute Gasteiger partial charge is 0.342 e. The number of Topliss-reactive ketones (excluding diaryl/α,β-unsaturated/α-hetero) is 1. The van der Waals surface area contributed by atoms with E-state index in [9.17, 15) is 18.4 Å². The molecule has 0 aliphatic heterocycles. The van der Waals surface area contributed by atoms with Crippen LogP contribution in [0.3, 0.4) is 0 Å². The maximum atomic E-state index is 13.5. The van der Waals surface area contributed by atoms with E-state index in [0.29, 0.717) is 11.3 Å². The van der Waals surface area contributed by atoms with Crippen LogP contribution in [0.25, 0.3) is 0 Å². The normalized spacial score (nSPS) is 10.5. The second kappa shape index (κ2) is 6.83. The number of halogens is 3. The molecule has 1 aromatic carbocycles. The van der Waals surface area contributed by atoms with Crippen molar-refractivity contribution < 1.29 is 23.1 Å². The van der Waals surface area contributed by atoms with Crippen molar-refractivity contribution in [3.63, 3.8) is 0 Å². The molecule has 2 rings (SSSR count). The van der Waals surface area contributed by atoms with Gasteiger partial charge in [0.15, 0.2) is 6.61 Å². The summed E-state index contributed by atoms with van der Waals surface area (Å²) in [7, 11) is 0. The van der Waals surface area contributed by atoms with Gasteiger partial charge in [-0.3, -0.25) is 4.79 Å². The summed E-state index contributed by atoms with van der Waals surface area (Å²) in [5.41, 5.74) is 0.714. The van der Waals surface area contributed by atoms with Crippen LogP contribution in [0, 0.1) is 25.5 Å². The van der Waals surface area contributed by atoms with Crippen LogP contribution < -0.4 is 0 Å². The van der Waals surface area contributed by atoms with E-state index in [1.54, 1.807) is 19.9 Å². The first-order valence-electron chi connectivity index (χ1n) is 6.58. The standard InChI is InChI=1S/C16H12ClF2NO3/c1-8-5-9(2)20-15(17)14(8)16(22)23-7-13(21)11-6-10(18)3-4-12(11)19/h3-6H,7H2,1-2H3. The molecule has 0 saturated heterocycles. The molecular formula is C16H12ClF2NO3. The molecule has 0 saturated carbocycles. The van der Waals surface area contributed by atoms with E-state index < -0.39 is 35.6 Å². The van der Waals surface area contributed by atoms with Crippen LogP contribution in [0.15, 0.2) is 24.3 Å². The zero-order chi connectivity index (χ0) is 17.1. The molecule has 0 N–H and O–H groups in total. The number of esters is 1. The van der Waals surface area contributed by atoms with Gasteiger partial charge in [-0.25, -0.2) is 18.6 Å². The summed E-state index contributed by atoms with van der Waals surface area (Å²) in [5.74, 6) is -3.37. The lowest BCUT2D eigenvalue weighted by atomic mass is 10.1. The van der Waals surface area contributed by atoms with Crippen molar-refractivity contribution in [1.29, 1.82) is 0 Å². The molecule has 7 heteroatoms. The SMILES string of the molecule is Cc1cc(C)c(C(=O)OCC(=O)c2cc(F)ccc2F)c(Cl)n1. The van der Waals surface area contributed by atoms with Crippen molar-refractivity contribution >= 4 is 23.4 Å². The first kappa shape index (κ1) is 17.0. The Balaban J connectivity index is 2.13. The fourth-order valence-corrected chi connectivity index (χ4v) is 2.39. The summed E-state index contributed by atoms with van der Waals surface area (Å²) in [6.07, 6.45) is 0. The Hall–Kier alpha value is -2.34. The van der Waals surface area contributed by atoms with Gasteiger partial charge in [-0.15, -0.1) is 0 Å². The quantitative estimate of drug-likeness (QED) is 0.484. The van der Waals surface area contributed by atoms with Crippen molar-refractivity contribution in [2.24, 2.45) is 0 Å². The third kappa shape index (κ3) is 3.90. The first-order chi connectivity index (χ1) is 10.8. The average molecular weight is 340 g/mol. The highest BCUT2D eigenvalue weighted by molar-refractivity contribution is 6.32. The Morgan fingerprint density at radius 1 is 1.22 bits per heavy atom. The number of hydrogen-bond acceptors (Lipinski definition) is 4. The van der Waals surface area contributed by atoms with Crippen LogP contribution in [0.2, 0.25) is 5.15 Å². The van der Waals surface area contributed by atoms with Gasteiger partial charge in [0.05, 0.1) is 11.1 Å². The molecule has 0 bridgehead atoms. The number of aryl methyl sites for hydroxylation is 2. The molecule has 1 aromatic heterocycles. The Labute approximate surface area is 136 Å². The maximum Gasteiger partial charge on any atom is 0.342 e. The molecule has 4 nitrogen and oxygen atoms in total. The van der Waals surface area contributed by atoms with Crippen LogP contribution in [-0.2, 0) is 4.74 Å². The summed E-state index contributed by atoms with van der Waals surface area (Å²) in [6.45, 7) is 2.62. The lowest BCUT2D eigenvalue weighted by Gasteiger charge is -2.09. The van der Waals surface area contributed by atoms with Crippen molar-refractivity contribution in [3.05, 3.63) is 63.4 Å². The van der Waals surface area contributed by atoms with Crippen LogP contribution in [0.5, 0.6) is 0 Å². The van der Waals surface area contributed by atoms with Gasteiger partial charge >= 0.3 is 5.97 Å². The third-order valence-electron chi connectivity index (χ3n) is 3.07. The van der Waals surface area contributed by atoms with Gasteiger partial charge in [-0.05, 0) is 43.7 Å². The minimum atomic E-state index is -0.890. The van der Waals surface area contributed by atoms with E-state index >= 15 is 0 Å². The molecule has 2 aromatic rings. The van der Waals surface area contributed by atoms with Gasteiger partial charge in [0, 0.05) is 5.69 Å². The monoisotopic (exact) mass is 339 g/mol. The Kier molecular flexibility index (Phi) is 5.05. The van der Waals surface area contributed by atoms with E-state index in [4.69, 9.17) is 16.3 Å². The number of carbonyl (C=O) groups is 2. The number of rotatable bonds is 4. The van der Waals surface area contributed by atoms with Gasteiger partial charge < -0.3 is 4.74 Å². The summed E-state index contributed by atoms with van der Waals surface area (Å²) in [6, 6.07) is 4.10. The molecule has 0 aliphatic rings. The first-order valence-corrected chi connectivity index (χ1v) is 6.96. The molecule has 1 heterocycles. The topological polar surface area (TPSA) is 56.3 Å². The van der Waals surface area contributed by atoms with Crippen LogP contribution in [-0.4, -0.2) is 23.3 Å². The van der Waals surface area contributed by atoms with Gasteiger partial charge in [-0.2, -0.15) is 0 Å². The van der Waals surface area contributed by atoms with E-state index in [1.807, 2.05) is 0 Å². The maximum absolute atomic E-state index is 13.5. The predicted molar refractivity (Wildman–Crippen MR) is 79.7 cm³/mol. The van der Waals surface area contributed by atoms with Gasteiger partial charge in [-0.1, -0.05) is 11.6 Å². The van der Waals surface area contributed by atoms with Crippen LogP contribution in [0.1, 0.15) is 32.0 Å². The lowest BCUT2D eigenvalue weighted by molar-refractivity contribution is 0.0472. The fraction of sp³-hybridized carbons (Fsp3) is 0.188. The predicted octanol–water partition coefficient (Wildman–Crippen LogP) is 3.67. The van der Waals surface area contributed by atoms with Gasteiger partial charge in [0.25, 0.3) is 0 Å². The molecular weight excluding hydrogens is 328 g/mol. The van der Waals surface area contributed by atoms with E-state index in [0.717, 1.165) is 18.2 Å². The molecule has 0 spiro atoms. The van der Waals surface area contributed by atoms with Gasteiger partial charge in [0.1, 0.15) is 16.8 Å². The summed E-state index contributed by atoms with van der Waals surface area (Å²) < 4.78 is 31.4. The molecule has 0 fully saturated rings. The third-order valence-corrected chi connectivity index (χ3v) is 3.34. The highest BCUT2D eigenvalue weighted by Gasteiger charge is 2.20. The zero-order valence-corrected chi connectivity index (χ0v) is 13.1. The largest absolute Gasteiger partial charge is 0.454 e. The molecule has 0 radical (unpaired) electrons. The van der Waals surface area contributed by atoms with Crippen molar-refractivity contribution in [2.75, 3.05) is 6.61 Å². The minimum absolute atomic E-state index is 0.0322. The summed E-state index contributed by atoms with van der Waals surface area (Å²) >= 11 is 5.90. The second-order valence-corrected chi connectivity index (χ2v) is 5.23. The number of ether oxygens (including phenoxy) is 1. The van der Waals surface area contributed by atoms with Crippen molar-refractivity contribution in [2.45, 2.75) is 13.8 Å². The summed E-state index contributed by atoms with van der Waals surface area (Å²) in [4.78, 5) is 27.8. The molecule has 120 valence electrons. The van der Waals surface area contributed by atoms with Crippen molar-refractivity contribution in [1.82, 2.24) is 4.98 Å². The van der Waals surface area contributed by atoms with Crippen molar-refractivity contribution in [3.8, 4) is 0 Å². The highest BCUT2D eigenvalue weighted by atomic mass is 35.5. The molecule has 0 unspecified atom stereocenters. The van der Waals surface area contributed by atoms with E-state index in [2.05, 4.69) is 4.98 Å². The zero-order valence-electron chi connectivity index (χ0n) is 12.3. The number of nitrogens with zero attached hydrogens (tertiary/aromatic N) is 1. The number of carbonyl (C=O) groups excluding carboxylic acids is 2. The van der Waals surface area contributed by atoms with E-state index in [1.165, 1.54) is 0 Å². The molecule has 0 atom stereocenters. The number of hydrogen-bond donors (Lipinski definition) is 0. The van der Waals surface area contributed by atoms with Gasteiger partial charge in [0.2, 0.25) is 5.78 Å². The Morgan fingerprint density at radius 3 is 2.57 bits per heavy atom. The Bertz CT molecular complexity index is 770. The number of benzene rings is 1. The van der Waals surface area contributed by atoms with Crippen LogP contribution >= 0.6 is 11.6 Å². The molecule has 0 aliphatic carbocycles. The van der Waals surface area contributed by atoms with E-state index in [-0.39, 0.29) is 10.7 Å². The average Bonchev–Trinajstić information content (AvgIpc) is 2.46. The minimum Gasteiger partial charge on any atom is -0.454 e. The number of pyridine rings is 1. The molecule has 0 amide bonds. The number of ketones is 1. The Morgan fingerprint density at radius 2 is 1.91 bits per heavy atom. The highest BCUT2D eigenvalue weighted by Crippen LogP contribution is 2.20. The van der Waals surface area contributed by atoms with Crippen LogP contribution in [0.4, 0.5) is 8.78 Å². The lowest BCUT2D eigenvalue weighted by Crippen LogP contribution is -2.17. The second-order valence-electron chi connectivity index (χ2n) is 4.87. The molecule has 23 heavy (non-hydrogen) atoms. The summed E-state index contributed by atoms with van der Waals surface area (Å²) in [5, 5.41) is -0.0446.